The maximum atomic E-state index is 5.56. The fraction of sp³-hybridized carbons (Fsp3) is 0.545. The first-order valence-electron chi connectivity index (χ1n) is 4.95. The first-order valence-corrected chi connectivity index (χ1v) is 4.95. The van der Waals surface area contributed by atoms with Crippen LogP contribution in [-0.2, 0) is 0 Å². The van der Waals surface area contributed by atoms with E-state index in [2.05, 4.69) is 25.8 Å². The van der Waals surface area contributed by atoms with Crippen molar-refractivity contribution in [3.05, 3.63) is 17.3 Å². The summed E-state index contributed by atoms with van der Waals surface area (Å²) in [6, 6.07) is 0. The van der Waals surface area contributed by atoms with E-state index in [0.29, 0.717) is 25.0 Å². The number of nitrogens with zero attached hydrogens (tertiary/aromatic N) is 1. The van der Waals surface area contributed by atoms with Gasteiger partial charge in [-0.3, -0.25) is 0 Å². The summed E-state index contributed by atoms with van der Waals surface area (Å²) >= 11 is 0. The number of pyridine rings is 1. The Balaban J connectivity index is 2.49. The number of hydrogen-bond acceptors (Lipinski definition) is 3. The van der Waals surface area contributed by atoms with Gasteiger partial charge in [0.15, 0.2) is 5.75 Å². The fourth-order valence-electron chi connectivity index (χ4n) is 1.71. The van der Waals surface area contributed by atoms with Crippen LogP contribution in [0.5, 0.6) is 11.6 Å². The highest BCUT2D eigenvalue weighted by Gasteiger charge is 2.18. The number of rotatable bonds is 1. The van der Waals surface area contributed by atoms with Crippen molar-refractivity contribution in [3.8, 4) is 11.6 Å². The van der Waals surface area contributed by atoms with Gasteiger partial charge in [-0.15, -0.1) is 0 Å². The molecule has 0 atom stereocenters. The van der Waals surface area contributed by atoms with Crippen molar-refractivity contribution >= 4 is 0 Å². The maximum Gasteiger partial charge on any atom is 0.257 e. The molecule has 0 saturated heterocycles. The van der Waals surface area contributed by atoms with E-state index < -0.39 is 0 Å². The van der Waals surface area contributed by atoms with Crippen molar-refractivity contribution in [2.45, 2.75) is 26.7 Å². The van der Waals surface area contributed by atoms with Crippen molar-refractivity contribution in [3.63, 3.8) is 0 Å². The smallest absolute Gasteiger partial charge is 0.257 e. The average Bonchev–Trinajstić information content (AvgIpc) is 2.18. The third kappa shape index (κ3) is 1.43. The number of aromatic nitrogens is 1. The number of ether oxygens (including phenoxy) is 2. The second-order valence-corrected chi connectivity index (χ2v) is 3.82. The van der Waals surface area contributed by atoms with Crippen molar-refractivity contribution in [1.82, 2.24) is 4.98 Å². The zero-order chi connectivity index (χ0) is 10.1. The molecule has 0 spiro atoms. The molecule has 2 rings (SSSR count). The van der Waals surface area contributed by atoms with E-state index in [1.165, 1.54) is 5.56 Å². The Kier molecular flexibility index (Phi) is 2.32. The molecule has 14 heavy (non-hydrogen) atoms. The predicted molar refractivity (Wildman–Crippen MR) is 54.1 cm³/mol. The van der Waals surface area contributed by atoms with Gasteiger partial charge in [0.05, 0.1) is 0 Å². The molecule has 76 valence electrons. The van der Waals surface area contributed by atoms with Crippen LogP contribution < -0.4 is 9.47 Å². The molecule has 0 unspecified atom stereocenters. The Morgan fingerprint density at radius 1 is 1.29 bits per heavy atom. The summed E-state index contributed by atoms with van der Waals surface area (Å²) < 4.78 is 11.0. The Morgan fingerprint density at radius 2 is 2.00 bits per heavy atom. The average molecular weight is 193 g/mol. The van der Waals surface area contributed by atoms with E-state index in [9.17, 15) is 0 Å². The van der Waals surface area contributed by atoms with Gasteiger partial charge >= 0.3 is 0 Å². The molecule has 0 saturated carbocycles. The second kappa shape index (κ2) is 3.48. The Morgan fingerprint density at radius 3 is 2.71 bits per heavy atom. The lowest BCUT2D eigenvalue weighted by Crippen LogP contribution is -2.17. The highest BCUT2D eigenvalue weighted by molar-refractivity contribution is 5.46. The van der Waals surface area contributed by atoms with Crippen LogP contribution in [0, 0.1) is 6.92 Å². The van der Waals surface area contributed by atoms with Crippen LogP contribution in [0.1, 0.15) is 30.9 Å². The van der Waals surface area contributed by atoms with Crippen molar-refractivity contribution in [2.75, 3.05) is 13.2 Å². The molecule has 0 aliphatic carbocycles. The van der Waals surface area contributed by atoms with Crippen LogP contribution in [-0.4, -0.2) is 18.2 Å². The van der Waals surface area contributed by atoms with Gasteiger partial charge in [0.25, 0.3) is 5.88 Å². The quantitative estimate of drug-likeness (QED) is 0.685. The van der Waals surface area contributed by atoms with E-state index in [1.54, 1.807) is 0 Å². The van der Waals surface area contributed by atoms with Crippen LogP contribution in [0.25, 0.3) is 0 Å². The van der Waals surface area contributed by atoms with E-state index in [-0.39, 0.29) is 0 Å². The molecular formula is C11H15NO2. The molecule has 1 aliphatic heterocycles. The first kappa shape index (κ1) is 9.31. The van der Waals surface area contributed by atoms with Gasteiger partial charge in [-0.25, -0.2) is 4.98 Å². The first-order chi connectivity index (χ1) is 6.70. The highest BCUT2D eigenvalue weighted by Crippen LogP contribution is 2.35. The second-order valence-electron chi connectivity index (χ2n) is 3.82. The van der Waals surface area contributed by atoms with Gasteiger partial charge in [-0.1, -0.05) is 13.8 Å². The van der Waals surface area contributed by atoms with E-state index in [4.69, 9.17) is 9.47 Å². The van der Waals surface area contributed by atoms with E-state index in [0.717, 1.165) is 11.3 Å². The monoisotopic (exact) mass is 193 g/mol. The summed E-state index contributed by atoms with van der Waals surface area (Å²) in [7, 11) is 0. The molecule has 2 heterocycles. The van der Waals surface area contributed by atoms with Crippen molar-refractivity contribution < 1.29 is 9.47 Å². The zero-order valence-corrected chi connectivity index (χ0v) is 8.83. The largest absolute Gasteiger partial charge is 0.484 e. The van der Waals surface area contributed by atoms with Gasteiger partial charge < -0.3 is 9.47 Å². The van der Waals surface area contributed by atoms with Crippen LogP contribution in [0.4, 0.5) is 0 Å². The topological polar surface area (TPSA) is 31.4 Å². The lowest BCUT2D eigenvalue weighted by Gasteiger charge is -2.21. The van der Waals surface area contributed by atoms with Gasteiger partial charge in [0, 0.05) is 11.8 Å². The summed E-state index contributed by atoms with van der Waals surface area (Å²) in [5, 5.41) is 0. The molecule has 3 nitrogen and oxygen atoms in total. The van der Waals surface area contributed by atoms with Gasteiger partial charge in [0.1, 0.15) is 13.2 Å². The molecule has 1 aromatic heterocycles. The minimum absolute atomic E-state index is 0.471. The van der Waals surface area contributed by atoms with Crippen LogP contribution in [0.3, 0.4) is 0 Å². The molecule has 0 N–H and O–H groups in total. The number of hydrogen-bond donors (Lipinski definition) is 0. The molecule has 0 amide bonds. The summed E-state index contributed by atoms with van der Waals surface area (Å²) in [5.41, 5.74) is 2.39. The third-order valence-electron chi connectivity index (χ3n) is 2.48. The van der Waals surface area contributed by atoms with Crippen LogP contribution >= 0.6 is 0 Å². The lowest BCUT2D eigenvalue weighted by molar-refractivity contribution is 0.163. The molecule has 3 heteroatoms. The van der Waals surface area contributed by atoms with Crippen molar-refractivity contribution in [2.24, 2.45) is 0 Å². The van der Waals surface area contributed by atoms with Gasteiger partial charge in [0.2, 0.25) is 0 Å². The molecule has 0 fully saturated rings. The minimum Gasteiger partial charge on any atom is -0.484 e. The summed E-state index contributed by atoms with van der Waals surface area (Å²) in [6.07, 6.45) is 1.88. The maximum absolute atomic E-state index is 5.56. The zero-order valence-electron chi connectivity index (χ0n) is 8.83. The highest BCUT2D eigenvalue weighted by atomic mass is 16.6. The Bertz CT molecular complexity index is 347. The normalized spacial score (nSPS) is 14.6. The van der Waals surface area contributed by atoms with Gasteiger partial charge in [-0.05, 0) is 18.4 Å². The molecule has 1 aliphatic rings. The number of fused-ring (bicyclic) bond motifs is 1. The molecule has 1 aromatic rings. The molecular weight excluding hydrogens is 178 g/mol. The standard InChI is InChI=1S/C11H15NO2/c1-7(2)9-6-12-11-10(8(9)3)13-4-5-14-11/h6-7H,4-5H2,1-3H3. The van der Waals surface area contributed by atoms with Gasteiger partial charge in [-0.2, -0.15) is 0 Å². The molecule has 0 radical (unpaired) electrons. The van der Waals surface area contributed by atoms with E-state index >= 15 is 0 Å². The Labute approximate surface area is 84.1 Å². The van der Waals surface area contributed by atoms with Crippen LogP contribution in [0.2, 0.25) is 0 Å². The fourth-order valence-corrected chi connectivity index (χ4v) is 1.71. The molecule has 0 aromatic carbocycles. The SMILES string of the molecule is Cc1c(C(C)C)cnc2c1OCCO2. The summed E-state index contributed by atoms with van der Waals surface area (Å²) in [5.74, 6) is 1.93. The predicted octanol–water partition coefficient (Wildman–Crippen LogP) is 2.28. The van der Waals surface area contributed by atoms with E-state index in [1.807, 2.05) is 6.20 Å². The van der Waals surface area contributed by atoms with Crippen LogP contribution in [0.15, 0.2) is 6.20 Å². The summed E-state index contributed by atoms with van der Waals surface area (Å²) in [4.78, 5) is 4.25. The molecule has 0 bridgehead atoms. The minimum atomic E-state index is 0.471. The van der Waals surface area contributed by atoms with Crippen molar-refractivity contribution in [1.29, 1.82) is 0 Å². The summed E-state index contributed by atoms with van der Waals surface area (Å²) in [6.45, 7) is 7.59. The third-order valence-corrected chi connectivity index (χ3v) is 2.48. The lowest BCUT2D eigenvalue weighted by atomic mass is 10.00. The Hall–Kier alpha value is -1.25.